The molecule has 1 N–H and O–H groups in total. The van der Waals surface area contributed by atoms with E-state index in [4.69, 9.17) is 4.42 Å². The Labute approximate surface area is 89.2 Å². The summed E-state index contributed by atoms with van der Waals surface area (Å²) in [5.41, 5.74) is 0.909. The summed E-state index contributed by atoms with van der Waals surface area (Å²) < 4.78 is 5.24. The zero-order chi connectivity index (χ0) is 10.9. The van der Waals surface area contributed by atoms with Crippen LogP contribution in [0.15, 0.2) is 47.1 Å². The van der Waals surface area contributed by atoms with Crippen molar-refractivity contribution in [1.29, 1.82) is 0 Å². The largest absolute Gasteiger partial charge is 0.466 e. The predicted octanol–water partition coefficient (Wildman–Crippen LogP) is 2.84. The first-order chi connectivity index (χ1) is 7.10. The molecule has 0 amide bonds. The third-order valence-electron chi connectivity index (χ3n) is 2.58. The van der Waals surface area contributed by atoms with Gasteiger partial charge < -0.3 is 9.52 Å². The van der Waals surface area contributed by atoms with Crippen LogP contribution in [0, 0.1) is 6.92 Å². The molecule has 2 aromatic rings. The summed E-state index contributed by atoms with van der Waals surface area (Å²) in [6.07, 6.45) is 1.57. The maximum atomic E-state index is 10.4. The van der Waals surface area contributed by atoms with Crippen molar-refractivity contribution in [3.8, 4) is 0 Å². The number of benzene rings is 1. The van der Waals surface area contributed by atoms with Crippen LogP contribution in [0.25, 0.3) is 0 Å². The van der Waals surface area contributed by atoms with E-state index in [2.05, 4.69) is 0 Å². The van der Waals surface area contributed by atoms with E-state index in [-0.39, 0.29) is 0 Å². The van der Waals surface area contributed by atoms with Gasteiger partial charge in [0.15, 0.2) is 0 Å². The van der Waals surface area contributed by atoms with Crippen molar-refractivity contribution in [2.75, 3.05) is 0 Å². The van der Waals surface area contributed by atoms with Gasteiger partial charge in [0.1, 0.15) is 11.4 Å². The SMILES string of the molecule is Cc1cccc([C@](C)(O)c2ccco2)c1. The molecule has 0 radical (unpaired) electrons. The van der Waals surface area contributed by atoms with Crippen LogP contribution in [0.2, 0.25) is 0 Å². The summed E-state index contributed by atoms with van der Waals surface area (Å²) in [6.45, 7) is 3.74. The minimum absolute atomic E-state index is 0.563. The molecule has 2 nitrogen and oxygen atoms in total. The van der Waals surface area contributed by atoms with Crippen LogP contribution in [0.1, 0.15) is 23.8 Å². The maximum absolute atomic E-state index is 10.4. The Morgan fingerprint density at radius 1 is 1.20 bits per heavy atom. The number of hydrogen-bond donors (Lipinski definition) is 1. The van der Waals surface area contributed by atoms with E-state index in [1.807, 2.05) is 31.2 Å². The Kier molecular flexibility index (Phi) is 2.37. The molecule has 1 heterocycles. The van der Waals surface area contributed by atoms with E-state index < -0.39 is 5.60 Å². The van der Waals surface area contributed by atoms with Crippen LogP contribution < -0.4 is 0 Å². The minimum atomic E-state index is -1.06. The molecule has 0 saturated heterocycles. The van der Waals surface area contributed by atoms with Gasteiger partial charge in [-0.3, -0.25) is 0 Å². The van der Waals surface area contributed by atoms with Gasteiger partial charge in [-0.15, -0.1) is 0 Å². The molecule has 78 valence electrons. The van der Waals surface area contributed by atoms with Crippen LogP contribution in [-0.2, 0) is 5.60 Å². The average Bonchev–Trinajstić information content (AvgIpc) is 2.71. The molecule has 0 unspecified atom stereocenters. The zero-order valence-electron chi connectivity index (χ0n) is 8.90. The lowest BCUT2D eigenvalue weighted by Gasteiger charge is -2.21. The van der Waals surface area contributed by atoms with Gasteiger partial charge in [0.25, 0.3) is 0 Å². The molecule has 15 heavy (non-hydrogen) atoms. The van der Waals surface area contributed by atoms with E-state index in [1.165, 1.54) is 0 Å². The Hall–Kier alpha value is -1.54. The molecule has 1 aromatic carbocycles. The normalized spacial score (nSPS) is 14.9. The second-order valence-corrected chi connectivity index (χ2v) is 3.92. The summed E-state index contributed by atoms with van der Waals surface area (Å²) in [6, 6.07) is 11.4. The topological polar surface area (TPSA) is 33.4 Å². The van der Waals surface area contributed by atoms with Gasteiger partial charge in [-0.25, -0.2) is 0 Å². The summed E-state index contributed by atoms with van der Waals surface area (Å²) in [7, 11) is 0. The summed E-state index contributed by atoms with van der Waals surface area (Å²) >= 11 is 0. The van der Waals surface area contributed by atoms with Crippen molar-refractivity contribution in [2.45, 2.75) is 19.4 Å². The number of hydrogen-bond acceptors (Lipinski definition) is 2. The first-order valence-corrected chi connectivity index (χ1v) is 4.94. The highest BCUT2D eigenvalue weighted by molar-refractivity contribution is 5.32. The van der Waals surface area contributed by atoms with Crippen LogP contribution >= 0.6 is 0 Å². The smallest absolute Gasteiger partial charge is 0.144 e. The molecular weight excluding hydrogens is 188 g/mol. The van der Waals surface area contributed by atoms with Crippen molar-refractivity contribution >= 4 is 0 Å². The predicted molar refractivity (Wildman–Crippen MR) is 58.6 cm³/mol. The first-order valence-electron chi connectivity index (χ1n) is 4.94. The summed E-state index contributed by atoms with van der Waals surface area (Å²) in [5, 5.41) is 10.4. The molecule has 0 saturated carbocycles. The van der Waals surface area contributed by atoms with Crippen LogP contribution in [0.5, 0.6) is 0 Å². The Morgan fingerprint density at radius 3 is 2.60 bits per heavy atom. The van der Waals surface area contributed by atoms with Crippen LogP contribution in [0.3, 0.4) is 0 Å². The van der Waals surface area contributed by atoms with Crippen molar-refractivity contribution < 1.29 is 9.52 Å². The fraction of sp³-hybridized carbons (Fsp3) is 0.231. The number of aryl methyl sites for hydroxylation is 1. The lowest BCUT2D eigenvalue weighted by molar-refractivity contribution is 0.0767. The lowest BCUT2D eigenvalue weighted by atomic mass is 9.92. The highest BCUT2D eigenvalue weighted by Gasteiger charge is 2.28. The standard InChI is InChI=1S/C13H14O2/c1-10-5-3-6-11(9-10)13(2,14)12-7-4-8-15-12/h3-9,14H,1-2H3/t13-/m0/s1. The minimum Gasteiger partial charge on any atom is -0.466 e. The van der Waals surface area contributed by atoms with E-state index in [9.17, 15) is 5.11 Å². The number of aliphatic hydroxyl groups is 1. The van der Waals surface area contributed by atoms with Crippen LogP contribution in [-0.4, -0.2) is 5.11 Å². The fourth-order valence-electron chi connectivity index (χ4n) is 1.65. The molecule has 0 aliphatic rings. The molecule has 0 bridgehead atoms. The quantitative estimate of drug-likeness (QED) is 0.812. The Balaban J connectivity index is 2.46. The van der Waals surface area contributed by atoms with Gasteiger partial charge in [-0.2, -0.15) is 0 Å². The molecule has 0 aliphatic heterocycles. The fourth-order valence-corrected chi connectivity index (χ4v) is 1.65. The molecule has 0 aliphatic carbocycles. The lowest BCUT2D eigenvalue weighted by Crippen LogP contribution is -2.21. The first kappa shape index (κ1) is 9.99. The monoisotopic (exact) mass is 202 g/mol. The molecule has 0 fully saturated rings. The molecule has 2 rings (SSSR count). The Morgan fingerprint density at radius 2 is 2.00 bits per heavy atom. The van der Waals surface area contributed by atoms with Gasteiger partial charge >= 0.3 is 0 Å². The maximum Gasteiger partial charge on any atom is 0.144 e. The van der Waals surface area contributed by atoms with Gasteiger partial charge in [0.2, 0.25) is 0 Å². The zero-order valence-corrected chi connectivity index (χ0v) is 8.90. The number of rotatable bonds is 2. The molecule has 0 spiro atoms. The van der Waals surface area contributed by atoms with E-state index in [0.717, 1.165) is 11.1 Å². The highest BCUT2D eigenvalue weighted by Crippen LogP contribution is 2.29. The van der Waals surface area contributed by atoms with Gasteiger partial charge in [-0.1, -0.05) is 29.8 Å². The van der Waals surface area contributed by atoms with Crippen molar-refractivity contribution in [1.82, 2.24) is 0 Å². The second-order valence-electron chi connectivity index (χ2n) is 3.92. The summed E-state index contributed by atoms with van der Waals surface area (Å²) in [5.74, 6) is 0.563. The van der Waals surface area contributed by atoms with Crippen molar-refractivity contribution in [2.24, 2.45) is 0 Å². The van der Waals surface area contributed by atoms with Gasteiger partial charge in [-0.05, 0) is 31.5 Å². The van der Waals surface area contributed by atoms with Gasteiger partial charge in [0, 0.05) is 0 Å². The molecule has 1 atom stereocenters. The Bertz CT molecular complexity index is 441. The summed E-state index contributed by atoms with van der Waals surface area (Å²) in [4.78, 5) is 0. The van der Waals surface area contributed by atoms with E-state index >= 15 is 0 Å². The molecule has 2 heteroatoms. The van der Waals surface area contributed by atoms with Gasteiger partial charge in [0.05, 0.1) is 6.26 Å². The highest BCUT2D eigenvalue weighted by atomic mass is 16.4. The third kappa shape index (κ3) is 1.81. The van der Waals surface area contributed by atoms with Crippen molar-refractivity contribution in [3.63, 3.8) is 0 Å². The molecular formula is C13H14O2. The number of furan rings is 1. The van der Waals surface area contributed by atoms with E-state index in [1.54, 1.807) is 25.3 Å². The van der Waals surface area contributed by atoms with Crippen LogP contribution in [0.4, 0.5) is 0 Å². The third-order valence-corrected chi connectivity index (χ3v) is 2.58. The average molecular weight is 202 g/mol. The second kappa shape index (κ2) is 3.55. The van der Waals surface area contributed by atoms with E-state index in [0.29, 0.717) is 5.76 Å². The van der Waals surface area contributed by atoms with Crippen molar-refractivity contribution in [3.05, 3.63) is 59.5 Å². The molecule has 1 aromatic heterocycles.